The predicted molar refractivity (Wildman–Crippen MR) is 266 cm³/mol. The summed E-state index contributed by atoms with van der Waals surface area (Å²) in [5.41, 5.74) is 2.48. The Morgan fingerprint density at radius 3 is 1.56 bits per heavy atom. The molecule has 0 aliphatic heterocycles. The minimum Gasteiger partial charge on any atom is -0.462 e. The van der Waals surface area contributed by atoms with Crippen LogP contribution in [0.2, 0.25) is 0 Å². The number of hydrogen-bond donors (Lipinski definition) is 2. The maximum Gasteiger partial charge on any atom is 0.306 e. The molecule has 0 aromatic carbocycles. The lowest BCUT2D eigenvalue weighted by atomic mass is 10.0. The van der Waals surface area contributed by atoms with E-state index >= 15 is 0 Å². The van der Waals surface area contributed by atoms with Gasteiger partial charge in [0.2, 0.25) is 5.84 Å². The first-order valence-corrected chi connectivity index (χ1v) is 26.2. The van der Waals surface area contributed by atoms with E-state index in [2.05, 4.69) is 60.1 Å². The van der Waals surface area contributed by atoms with E-state index in [0.717, 1.165) is 90.3 Å². The Balaban J connectivity index is 0. The van der Waals surface area contributed by atoms with Crippen molar-refractivity contribution in [1.82, 2.24) is 15.6 Å². The number of nitrogens with zero attached hydrogens (tertiary/aromatic N) is 4. The minimum atomic E-state index is 0.0103. The van der Waals surface area contributed by atoms with Crippen LogP contribution >= 0.6 is 0 Å². The van der Waals surface area contributed by atoms with Crippen LogP contribution in [0.5, 0.6) is 0 Å². The molecule has 0 amide bonds. The van der Waals surface area contributed by atoms with Crippen molar-refractivity contribution < 1.29 is 19.1 Å². The molecule has 0 saturated carbocycles. The largest absolute Gasteiger partial charge is 0.462 e. The Kier molecular flexibility index (Phi) is 52.8. The lowest BCUT2D eigenvalue weighted by molar-refractivity contribution is -0.150. The Hall–Kier alpha value is -2.35. The highest BCUT2D eigenvalue weighted by atomic mass is 16.5. The molecule has 0 rings (SSSR count). The molecule has 0 aliphatic rings. The van der Waals surface area contributed by atoms with Crippen LogP contribution in [0, 0.1) is 11.3 Å². The molecule has 1 atom stereocenters. The van der Waals surface area contributed by atoms with E-state index in [1.807, 2.05) is 13.2 Å². The number of rotatable bonds is 47. The van der Waals surface area contributed by atoms with Crippen LogP contribution in [0.4, 0.5) is 0 Å². The molecule has 1 unspecified atom stereocenters. The third-order valence-corrected chi connectivity index (χ3v) is 11.8. The fraction of sp³-hybridized carbons (Fsp3) is 0.904. The number of aldehydes is 1. The Morgan fingerprint density at radius 1 is 0.645 bits per heavy atom. The zero-order valence-corrected chi connectivity index (χ0v) is 41.6. The maximum absolute atomic E-state index is 12.7. The molecule has 10 heteroatoms. The highest BCUT2D eigenvalue weighted by molar-refractivity contribution is 5.96. The average molecular weight is 875 g/mol. The fourth-order valence-corrected chi connectivity index (χ4v) is 7.83. The number of carbonyl (C=O) groups excluding carboxylic acids is 2. The van der Waals surface area contributed by atoms with Gasteiger partial charge in [-0.1, -0.05) is 169 Å². The van der Waals surface area contributed by atoms with Gasteiger partial charge in [0, 0.05) is 26.7 Å². The first-order valence-electron chi connectivity index (χ1n) is 26.2. The van der Waals surface area contributed by atoms with E-state index in [4.69, 9.17) is 14.7 Å². The topological polar surface area (TPSA) is 128 Å². The number of amidine groups is 1. The number of ether oxygens (including phenoxy) is 2. The highest BCUT2D eigenvalue weighted by Gasteiger charge is 2.14. The number of unbranched alkanes of at least 4 members (excludes halogenated alkanes) is 24. The van der Waals surface area contributed by atoms with Gasteiger partial charge in [-0.25, -0.2) is 4.99 Å². The normalized spacial score (nSPS) is 11.9. The summed E-state index contributed by atoms with van der Waals surface area (Å²) in [6, 6.07) is 1.95. The molecule has 0 radical (unpaired) electrons. The van der Waals surface area contributed by atoms with Crippen molar-refractivity contribution in [2.45, 2.75) is 265 Å². The van der Waals surface area contributed by atoms with Gasteiger partial charge in [-0.3, -0.25) is 15.5 Å². The summed E-state index contributed by atoms with van der Waals surface area (Å²) in [5.74, 6) is 0.168. The molecular weight excluding hydrogens is 773 g/mol. The summed E-state index contributed by atoms with van der Waals surface area (Å²) < 4.78 is 11.4. The molecule has 0 aromatic heterocycles. The van der Waals surface area contributed by atoms with Crippen molar-refractivity contribution in [3.8, 4) is 6.07 Å². The lowest BCUT2D eigenvalue weighted by Crippen LogP contribution is -2.30. The highest BCUT2D eigenvalue weighted by Crippen LogP contribution is 2.19. The van der Waals surface area contributed by atoms with Gasteiger partial charge in [0.15, 0.2) is 0 Å². The molecule has 0 spiro atoms. The smallest absolute Gasteiger partial charge is 0.306 e. The van der Waals surface area contributed by atoms with E-state index in [9.17, 15) is 9.59 Å². The van der Waals surface area contributed by atoms with Crippen molar-refractivity contribution in [2.75, 3.05) is 40.0 Å². The quantitative estimate of drug-likeness (QED) is 0.0154. The van der Waals surface area contributed by atoms with E-state index in [1.54, 1.807) is 0 Å². The lowest BCUT2D eigenvalue weighted by Gasteiger charge is -2.22. The number of hydrogen-bond acceptors (Lipinski definition) is 9. The fourth-order valence-electron chi connectivity index (χ4n) is 7.83. The van der Waals surface area contributed by atoms with Crippen molar-refractivity contribution in [1.29, 1.82) is 5.26 Å². The number of nitriles is 1. The standard InChI is InChI=1S/C40H76N6O3.C12H26O/c1-4-6-8-10-15-21-28-38(29-22-16-11-9-7-5-2)49-40(48)30-23-17-14-19-25-33-46(32-24-18-12-13-20-26-35-47)34-27-31-43-37-44-39(36-41)45-42-3;1-4-6-7-8-9-10-11-12(5-2)13-3/h35,38,43H,3-34,37H2,1-2H3,(H,44,45);12H,4-11H2,1-3H3. The van der Waals surface area contributed by atoms with E-state index < -0.39 is 0 Å². The summed E-state index contributed by atoms with van der Waals surface area (Å²) >= 11 is 0. The average Bonchev–Trinajstić information content (AvgIpc) is 3.28. The van der Waals surface area contributed by atoms with Crippen LogP contribution in [0.3, 0.4) is 0 Å². The zero-order valence-electron chi connectivity index (χ0n) is 41.6. The van der Waals surface area contributed by atoms with Crippen LogP contribution in [0.15, 0.2) is 10.1 Å². The number of esters is 1. The van der Waals surface area contributed by atoms with Crippen LogP contribution in [0.25, 0.3) is 0 Å². The van der Waals surface area contributed by atoms with Gasteiger partial charge in [0.25, 0.3) is 0 Å². The molecule has 2 N–H and O–H groups in total. The van der Waals surface area contributed by atoms with Gasteiger partial charge in [-0.05, 0) is 96.8 Å². The zero-order chi connectivity index (χ0) is 45.8. The molecule has 10 nitrogen and oxygen atoms in total. The molecular formula is C52H102N6O4. The molecule has 62 heavy (non-hydrogen) atoms. The number of aliphatic imine (C=N–C) groups is 1. The third-order valence-electron chi connectivity index (χ3n) is 11.8. The monoisotopic (exact) mass is 875 g/mol. The number of hydrazone groups is 1. The Morgan fingerprint density at radius 2 is 1.10 bits per heavy atom. The molecule has 0 aromatic rings. The number of carbonyl (C=O) groups is 2. The second kappa shape index (κ2) is 53.0. The van der Waals surface area contributed by atoms with Crippen molar-refractivity contribution in [3.63, 3.8) is 0 Å². The Bertz CT molecular complexity index is 1000. The summed E-state index contributed by atoms with van der Waals surface area (Å²) in [6.45, 7) is 16.7. The molecule has 0 heterocycles. The van der Waals surface area contributed by atoms with Crippen LogP contribution < -0.4 is 10.7 Å². The second-order valence-electron chi connectivity index (χ2n) is 17.5. The van der Waals surface area contributed by atoms with E-state index in [1.165, 1.54) is 154 Å². The van der Waals surface area contributed by atoms with Crippen molar-refractivity contribution in [2.24, 2.45) is 10.1 Å². The van der Waals surface area contributed by atoms with E-state index in [-0.39, 0.29) is 17.9 Å². The predicted octanol–water partition coefficient (Wildman–Crippen LogP) is 13.8. The van der Waals surface area contributed by atoms with Gasteiger partial charge < -0.3 is 19.2 Å². The van der Waals surface area contributed by atoms with Crippen LogP contribution in [-0.4, -0.2) is 81.9 Å². The first kappa shape index (κ1) is 61.7. The summed E-state index contributed by atoms with van der Waals surface area (Å²) in [5, 5.41) is 15.8. The number of methoxy groups -OCH3 is 1. The minimum absolute atomic E-state index is 0.0103. The summed E-state index contributed by atoms with van der Waals surface area (Å²) in [7, 11) is 1.82. The summed E-state index contributed by atoms with van der Waals surface area (Å²) in [4.78, 5) is 30.0. The second-order valence-corrected chi connectivity index (χ2v) is 17.5. The molecule has 0 bridgehead atoms. The van der Waals surface area contributed by atoms with Gasteiger partial charge in [0.1, 0.15) is 18.5 Å². The maximum atomic E-state index is 12.7. The van der Waals surface area contributed by atoms with Crippen LogP contribution in [0.1, 0.15) is 252 Å². The summed E-state index contributed by atoms with van der Waals surface area (Å²) in [6.07, 6.45) is 43.2. The molecule has 0 aliphatic carbocycles. The van der Waals surface area contributed by atoms with E-state index in [0.29, 0.717) is 25.6 Å². The molecule has 0 saturated heterocycles. The van der Waals surface area contributed by atoms with Crippen molar-refractivity contribution in [3.05, 3.63) is 0 Å². The first-order chi connectivity index (χ1) is 30.4. The van der Waals surface area contributed by atoms with Crippen molar-refractivity contribution >= 4 is 24.8 Å². The third kappa shape index (κ3) is 47.1. The molecule has 0 fully saturated rings. The molecule has 364 valence electrons. The van der Waals surface area contributed by atoms with Gasteiger partial charge >= 0.3 is 5.97 Å². The van der Waals surface area contributed by atoms with Gasteiger partial charge in [0.05, 0.1) is 12.8 Å². The van der Waals surface area contributed by atoms with Crippen LogP contribution in [-0.2, 0) is 19.1 Å². The van der Waals surface area contributed by atoms with Gasteiger partial charge in [-0.15, -0.1) is 0 Å². The SMILES string of the molecule is C=NN/C(C#N)=N\CNCCCN(CCCCCCCC=O)CCCCCCCC(=O)OC(CCCCCCCC)CCCCCCCC.CCCCCCCCC(CC)OC. The number of nitrogens with one attached hydrogen (secondary N) is 2. The van der Waals surface area contributed by atoms with Gasteiger partial charge in [-0.2, -0.15) is 10.4 Å². The Labute approximate surface area is 384 Å².